The fourth-order valence-corrected chi connectivity index (χ4v) is 2.52. The molecule has 0 aliphatic heterocycles. The van der Waals surface area contributed by atoms with Crippen LogP contribution in [0.3, 0.4) is 0 Å². The molecule has 3 rings (SSSR count). The van der Waals surface area contributed by atoms with Gasteiger partial charge in [0.15, 0.2) is 11.5 Å². The molecule has 0 unspecified atom stereocenters. The maximum Gasteiger partial charge on any atom is 0.416 e. The highest BCUT2D eigenvalue weighted by Crippen LogP contribution is 2.37. The minimum atomic E-state index is -4.78. The van der Waals surface area contributed by atoms with Gasteiger partial charge < -0.3 is 4.42 Å². The van der Waals surface area contributed by atoms with Crippen LogP contribution < -0.4 is 0 Å². The molecule has 132 valence electrons. The topological polar surface area (TPSA) is 26.0 Å². The largest absolute Gasteiger partial charge is 0.440 e. The Hall–Kier alpha value is -2.51. The van der Waals surface area contributed by atoms with E-state index in [2.05, 4.69) is 4.98 Å². The first kappa shape index (κ1) is 17.3. The normalized spacial score (nSPS) is 12.8. The molecular weight excluding hydrogens is 348 g/mol. The number of aryl methyl sites for hydroxylation is 1. The van der Waals surface area contributed by atoms with E-state index in [1.807, 2.05) is 6.92 Å². The summed E-state index contributed by atoms with van der Waals surface area (Å²) >= 11 is 0. The summed E-state index contributed by atoms with van der Waals surface area (Å²) < 4.78 is 83.2. The number of halogens is 6. The molecule has 0 saturated carbocycles. The van der Waals surface area contributed by atoms with E-state index < -0.39 is 35.5 Å². The summed E-state index contributed by atoms with van der Waals surface area (Å²) in [5, 5.41) is 0. The molecule has 1 heterocycles. The fourth-order valence-electron chi connectivity index (χ4n) is 2.52. The first-order valence-corrected chi connectivity index (χ1v) is 7.17. The third-order valence-corrected chi connectivity index (χ3v) is 3.67. The third kappa shape index (κ3) is 3.62. The smallest absolute Gasteiger partial charge is 0.416 e. The lowest BCUT2D eigenvalue weighted by Crippen LogP contribution is -2.13. The Balaban J connectivity index is 2.06. The lowest BCUT2D eigenvalue weighted by molar-refractivity contribution is -0.141. The Labute approximate surface area is 138 Å². The average molecular weight is 359 g/mol. The van der Waals surface area contributed by atoms with Gasteiger partial charge in [0.1, 0.15) is 5.52 Å². The van der Waals surface area contributed by atoms with Crippen LogP contribution in [0.15, 0.2) is 40.8 Å². The Morgan fingerprint density at radius 3 is 2.28 bits per heavy atom. The molecule has 8 heteroatoms. The number of hydrogen-bond acceptors (Lipinski definition) is 2. The van der Waals surface area contributed by atoms with Crippen molar-refractivity contribution >= 4 is 11.1 Å². The summed E-state index contributed by atoms with van der Waals surface area (Å²) in [6.45, 7) is 1.81. The van der Waals surface area contributed by atoms with Crippen molar-refractivity contribution in [2.24, 2.45) is 0 Å². The van der Waals surface area contributed by atoms with Crippen molar-refractivity contribution in [2.75, 3.05) is 0 Å². The molecule has 0 amide bonds. The molecule has 0 atom stereocenters. The zero-order chi connectivity index (χ0) is 18.4. The highest BCUT2D eigenvalue weighted by atomic mass is 19.4. The van der Waals surface area contributed by atoms with Crippen LogP contribution in [-0.2, 0) is 18.8 Å². The first-order chi connectivity index (χ1) is 11.5. The monoisotopic (exact) mass is 359 g/mol. The zero-order valence-electron chi connectivity index (χ0n) is 12.8. The van der Waals surface area contributed by atoms with E-state index >= 15 is 0 Å². The van der Waals surface area contributed by atoms with Crippen molar-refractivity contribution in [3.8, 4) is 0 Å². The molecule has 0 N–H and O–H groups in total. The van der Waals surface area contributed by atoms with Crippen LogP contribution in [0, 0.1) is 6.92 Å². The van der Waals surface area contributed by atoms with Crippen molar-refractivity contribution in [1.82, 2.24) is 4.98 Å². The summed E-state index contributed by atoms with van der Waals surface area (Å²) in [7, 11) is 0. The van der Waals surface area contributed by atoms with Crippen molar-refractivity contribution in [1.29, 1.82) is 0 Å². The Bertz CT molecular complexity index is 923. The van der Waals surface area contributed by atoms with E-state index in [0.717, 1.165) is 5.56 Å². The Morgan fingerprint density at radius 2 is 1.64 bits per heavy atom. The van der Waals surface area contributed by atoms with Gasteiger partial charge in [-0.3, -0.25) is 0 Å². The highest BCUT2D eigenvalue weighted by Gasteiger charge is 2.37. The Kier molecular flexibility index (Phi) is 4.01. The molecule has 0 aliphatic carbocycles. The third-order valence-electron chi connectivity index (χ3n) is 3.67. The minimum Gasteiger partial charge on any atom is -0.440 e. The SMILES string of the molecule is Cc1ccc2oc(Cc3cc(C(F)(F)F)ccc3C(F)(F)F)nc2c1. The van der Waals surface area contributed by atoms with Gasteiger partial charge in [0.2, 0.25) is 0 Å². The van der Waals surface area contributed by atoms with Gasteiger partial charge >= 0.3 is 12.4 Å². The molecule has 0 saturated heterocycles. The Morgan fingerprint density at radius 1 is 0.920 bits per heavy atom. The molecule has 1 aromatic heterocycles. The first-order valence-electron chi connectivity index (χ1n) is 7.17. The second-order valence-corrected chi connectivity index (χ2v) is 5.62. The second-order valence-electron chi connectivity index (χ2n) is 5.62. The van der Waals surface area contributed by atoms with E-state index in [9.17, 15) is 26.3 Å². The summed E-state index contributed by atoms with van der Waals surface area (Å²) in [6, 6.07) is 6.37. The molecule has 0 radical (unpaired) electrons. The van der Waals surface area contributed by atoms with Crippen molar-refractivity contribution in [2.45, 2.75) is 25.7 Å². The summed E-state index contributed by atoms with van der Waals surface area (Å²) in [5.74, 6) is -0.0783. The number of rotatable bonds is 2. The van der Waals surface area contributed by atoms with Crippen molar-refractivity contribution in [3.05, 3.63) is 64.5 Å². The van der Waals surface area contributed by atoms with Crippen LogP contribution in [0.1, 0.15) is 28.1 Å². The van der Waals surface area contributed by atoms with E-state index in [1.54, 1.807) is 18.2 Å². The number of aromatic nitrogens is 1. The summed E-state index contributed by atoms with van der Waals surface area (Å²) in [5.41, 5.74) is -1.15. The quantitative estimate of drug-likeness (QED) is 0.544. The lowest BCUT2D eigenvalue weighted by atomic mass is 10.0. The van der Waals surface area contributed by atoms with Crippen molar-refractivity contribution in [3.63, 3.8) is 0 Å². The highest BCUT2D eigenvalue weighted by molar-refractivity contribution is 5.73. The predicted octanol–water partition coefficient (Wildman–Crippen LogP) is 5.76. The number of benzene rings is 2. The lowest BCUT2D eigenvalue weighted by Gasteiger charge is -2.14. The van der Waals surface area contributed by atoms with Crippen LogP contribution in [0.4, 0.5) is 26.3 Å². The van der Waals surface area contributed by atoms with Gasteiger partial charge in [0, 0.05) is 0 Å². The molecule has 0 fully saturated rings. The van der Waals surface area contributed by atoms with Crippen LogP contribution in [0.2, 0.25) is 0 Å². The number of nitrogens with zero attached hydrogens (tertiary/aromatic N) is 1. The van der Waals surface area contributed by atoms with Crippen LogP contribution >= 0.6 is 0 Å². The average Bonchev–Trinajstić information content (AvgIpc) is 2.86. The van der Waals surface area contributed by atoms with E-state index in [4.69, 9.17) is 4.42 Å². The molecule has 0 aliphatic rings. The molecule has 25 heavy (non-hydrogen) atoms. The van der Waals surface area contributed by atoms with Crippen molar-refractivity contribution < 1.29 is 30.8 Å². The van der Waals surface area contributed by atoms with Gasteiger partial charge in [-0.1, -0.05) is 6.07 Å². The van der Waals surface area contributed by atoms with E-state index in [-0.39, 0.29) is 5.89 Å². The van der Waals surface area contributed by atoms with Gasteiger partial charge in [0.25, 0.3) is 0 Å². The van der Waals surface area contributed by atoms with Crippen LogP contribution in [-0.4, -0.2) is 4.98 Å². The molecule has 0 bridgehead atoms. The van der Waals surface area contributed by atoms with Gasteiger partial charge in [-0.2, -0.15) is 26.3 Å². The second kappa shape index (κ2) is 5.79. The van der Waals surface area contributed by atoms with Gasteiger partial charge in [-0.05, 0) is 48.4 Å². The van der Waals surface area contributed by atoms with Gasteiger partial charge in [-0.25, -0.2) is 4.98 Å². The molecule has 2 nitrogen and oxygen atoms in total. The number of fused-ring (bicyclic) bond motifs is 1. The zero-order valence-corrected chi connectivity index (χ0v) is 12.8. The minimum absolute atomic E-state index is 0.0783. The predicted molar refractivity (Wildman–Crippen MR) is 78.0 cm³/mol. The summed E-state index contributed by atoms with van der Waals surface area (Å²) in [4.78, 5) is 4.07. The van der Waals surface area contributed by atoms with Crippen LogP contribution in [0.5, 0.6) is 0 Å². The standard InChI is InChI=1S/C17H11F6NO/c1-9-2-5-14-13(6-9)24-15(25-14)8-10-7-11(16(18,19)20)3-4-12(10)17(21,22)23/h2-7H,8H2,1H3. The maximum absolute atomic E-state index is 13.1. The van der Waals surface area contributed by atoms with Gasteiger partial charge in [-0.15, -0.1) is 0 Å². The van der Waals surface area contributed by atoms with E-state index in [0.29, 0.717) is 29.3 Å². The number of hydrogen-bond donors (Lipinski definition) is 0. The summed E-state index contributed by atoms with van der Waals surface area (Å²) in [6.07, 6.45) is -10.0. The molecule has 0 spiro atoms. The van der Waals surface area contributed by atoms with Crippen LogP contribution in [0.25, 0.3) is 11.1 Å². The number of oxazole rings is 1. The van der Waals surface area contributed by atoms with E-state index in [1.165, 1.54) is 0 Å². The molecule has 2 aromatic carbocycles. The maximum atomic E-state index is 13.1. The number of alkyl halides is 6. The van der Waals surface area contributed by atoms with Gasteiger partial charge in [0.05, 0.1) is 17.5 Å². The molecule has 3 aromatic rings. The molecular formula is C17H11F6NO. The fraction of sp³-hybridized carbons (Fsp3) is 0.235.